The Kier molecular flexibility index (Phi) is 5.25. The van der Waals surface area contributed by atoms with Crippen LogP contribution < -0.4 is 16.9 Å². The van der Waals surface area contributed by atoms with Gasteiger partial charge in [-0.3, -0.25) is 4.98 Å². The van der Waals surface area contributed by atoms with Crippen LogP contribution >= 0.6 is 0 Å². The molecule has 0 unspecified atom stereocenters. The number of rotatable bonds is 1. The molecule has 0 saturated carbocycles. The van der Waals surface area contributed by atoms with Gasteiger partial charge in [-0.2, -0.15) is 0 Å². The van der Waals surface area contributed by atoms with Crippen molar-refractivity contribution in [3.8, 4) is 0 Å². The first-order chi connectivity index (χ1) is 6.04. The Labute approximate surface area is 75.3 Å². The highest BCUT2D eigenvalue weighted by Gasteiger charge is 2.07. The second-order valence-electron chi connectivity index (χ2n) is 2.06. The number of carbonyl (C=O) groups excluding carboxylic acids is 1. The molecule has 13 heavy (non-hydrogen) atoms. The van der Waals surface area contributed by atoms with Crippen molar-refractivity contribution < 1.29 is 14.8 Å². The zero-order chi connectivity index (χ0) is 10.3. The van der Waals surface area contributed by atoms with Crippen molar-refractivity contribution >= 4 is 18.6 Å². The Bertz CT molecular complexity index is 251. The summed E-state index contributed by atoms with van der Waals surface area (Å²) in [6.45, 7) is 0. The summed E-state index contributed by atoms with van der Waals surface area (Å²) in [5.41, 5.74) is 8.96. The summed E-state index contributed by atoms with van der Waals surface area (Å²) < 4.78 is 0. The summed E-state index contributed by atoms with van der Waals surface area (Å²) in [4.78, 5) is 12.7. The number of hydrogen-bond donors (Lipinski definition) is 4. The Balaban J connectivity index is 0.000000310. The van der Waals surface area contributed by atoms with Crippen LogP contribution in [0, 0.1) is 0 Å². The quantitative estimate of drug-likeness (QED) is 0.368. The molecule has 0 aromatic carbocycles. The molecule has 70 valence electrons. The summed E-state index contributed by atoms with van der Waals surface area (Å²) in [7, 11) is -1.38. The van der Waals surface area contributed by atoms with Gasteiger partial charge in [0.15, 0.2) is 0 Å². The second kappa shape index (κ2) is 5.98. The standard InChI is InChI=1S/C5H6BNO2.CH4N2O/c8-6(9)5-1-3-7-4-2-5;2-1(3)4/h1-4,8-9H;(H4,2,3,4). The van der Waals surface area contributed by atoms with E-state index in [0.29, 0.717) is 5.46 Å². The minimum absolute atomic E-state index is 0.463. The number of nitrogens with zero attached hydrogens (tertiary/aromatic N) is 1. The van der Waals surface area contributed by atoms with Crippen LogP contribution in [0.5, 0.6) is 0 Å². The van der Waals surface area contributed by atoms with E-state index in [4.69, 9.17) is 14.8 Å². The zero-order valence-electron chi connectivity index (χ0n) is 6.79. The van der Waals surface area contributed by atoms with E-state index < -0.39 is 13.1 Å². The Morgan fingerprint density at radius 2 is 1.69 bits per heavy atom. The van der Waals surface area contributed by atoms with Gasteiger partial charge in [0.05, 0.1) is 0 Å². The van der Waals surface area contributed by atoms with Crippen LogP contribution in [0.25, 0.3) is 0 Å². The molecule has 0 aliphatic carbocycles. The highest BCUT2D eigenvalue weighted by molar-refractivity contribution is 6.58. The third-order valence-corrected chi connectivity index (χ3v) is 1.00. The number of primary amides is 2. The molecule has 0 aliphatic heterocycles. The van der Waals surface area contributed by atoms with E-state index in [9.17, 15) is 0 Å². The van der Waals surface area contributed by atoms with Gasteiger partial charge in [0, 0.05) is 12.4 Å². The topological polar surface area (TPSA) is 122 Å². The monoisotopic (exact) mass is 183 g/mol. The van der Waals surface area contributed by atoms with Crippen molar-refractivity contribution in [2.75, 3.05) is 0 Å². The fourth-order valence-corrected chi connectivity index (χ4v) is 0.536. The largest absolute Gasteiger partial charge is 0.488 e. The molecule has 0 atom stereocenters. The summed E-state index contributed by atoms with van der Waals surface area (Å²) >= 11 is 0. The number of amides is 2. The van der Waals surface area contributed by atoms with Gasteiger partial charge in [-0.25, -0.2) is 4.79 Å². The molecule has 0 saturated heterocycles. The molecule has 0 aliphatic rings. The molecule has 7 heteroatoms. The zero-order valence-corrected chi connectivity index (χ0v) is 6.79. The molecule has 0 bridgehead atoms. The normalized spacial score (nSPS) is 8.15. The first-order valence-electron chi connectivity index (χ1n) is 3.35. The highest BCUT2D eigenvalue weighted by atomic mass is 16.4. The average Bonchev–Trinajstić information content (AvgIpc) is 2.05. The SMILES string of the molecule is NC(N)=O.OB(O)c1ccncc1. The third-order valence-electron chi connectivity index (χ3n) is 1.00. The lowest BCUT2D eigenvalue weighted by Gasteiger charge is -1.93. The predicted octanol–water partition coefficient (Wildman–Crippen LogP) is -2.21. The van der Waals surface area contributed by atoms with Crippen molar-refractivity contribution in [3.05, 3.63) is 24.5 Å². The van der Waals surface area contributed by atoms with Crippen LogP contribution in [0.2, 0.25) is 0 Å². The molecule has 0 fully saturated rings. The Morgan fingerprint density at radius 3 is 1.92 bits per heavy atom. The molecule has 1 heterocycles. The van der Waals surface area contributed by atoms with Crippen LogP contribution in [0.3, 0.4) is 0 Å². The molecule has 6 N–H and O–H groups in total. The van der Waals surface area contributed by atoms with Crippen molar-refractivity contribution in [1.29, 1.82) is 0 Å². The Hall–Kier alpha value is -1.60. The summed E-state index contributed by atoms with van der Waals surface area (Å²) in [6.07, 6.45) is 3.02. The second-order valence-corrected chi connectivity index (χ2v) is 2.06. The maximum absolute atomic E-state index is 9.00. The minimum Gasteiger partial charge on any atom is -0.423 e. The number of nitrogens with two attached hydrogens (primary N) is 2. The van der Waals surface area contributed by atoms with Crippen molar-refractivity contribution in [1.82, 2.24) is 4.98 Å². The van der Waals surface area contributed by atoms with Gasteiger partial charge in [0.1, 0.15) is 0 Å². The highest BCUT2D eigenvalue weighted by Crippen LogP contribution is 1.77. The molecule has 1 rings (SSSR count). The lowest BCUT2D eigenvalue weighted by molar-refractivity contribution is 0.256. The fourth-order valence-electron chi connectivity index (χ4n) is 0.536. The first kappa shape index (κ1) is 11.4. The van der Waals surface area contributed by atoms with E-state index in [2.05, 4.69) is 16.5 Å². The summed E-state index contributed by atoms with van der Waals surface area (Å²) in [5.74, 6) is 0. The van der Waals surface area contributed by atoms with Gasteiger partial charge in [0.25, 0.3) is 0 Å². The summed E-state index contributed by atoms with van der Waals surface area (Å²) in [6, 6.07) is 2.26. The average molecular weight is 183 g/mol. The van der Waals surface area contributed by atoms with Gasteiger partial charge in [0.2, 0.25) is 0 Å². The van der Waals surface area contributed by atoms with E-state index >= 15 is 0 Å². The van der Waals surface area contributed by atoms with Crippen molar-refractivity contribution in [3.63, 3.8) is 0 Å². The van der Waals surface area contributed by atoms with Gasteiger partial charge in [-0.1, -0.05) is 0 Å². The smallest absolute Gasteiger partial charge is 0.423 e. The lowest BCUT2D eigenvalue weighted by atomic mass is 9.81. The molecule has 0 spiro atoms. The van der Waals surface area contributed by atoms with Crippen molar-refractivity contribution in [2.24, 2.45) is 11.5 Å². The maximum atomic E-state index is 9.00. The predicted molar refractivity (Wildman–Crippen MR) is 47.8 cm³/mol. The van der Waals surface area contributed by atoms with E-state index in [1.54, 1.807) is 12.1 Å². The van der Waals surface area contributed by atoms with E-state index in [1.165, 1.54) is 12.4 Å². The fraction of sp³-hybridized carbons (Fsp3) is 0. The van der Waals surface area contributed by atoms with Crippen LogP contribution in [0.15, 0.2) is 24.5 Å². The molecule has 2 amide bonds. The van der Waals surface area contributed by atoms with E-state index in [1.807, 2.05) is 0 Å². The first-order valence-corrected chi connectivity index (χ1v) is 3.35. The Morgan fingerprint density at radius 1 is 1.31 bits per heavy atom. The van der Waals surface area contributed by atoms with Crippen LogP contribution in [0.4, 0.5) is 4.79 Å². The number of aromatic nitrogens is 1. The van der Waals surface area contributed by atoms with Crippen LogP contribution in [-0.4, -0.2) is 28.2 Å². The number of hydrogen-bond acceptors (Lipinski definition) is 4. The molecular weight excluding hydrogens is 173 g/mol. The third kappa shape index (κ3) is 6.79. The van der Waals surface area contributed by atoms with Crippen LogP contribution in [0.1, 0.15) is 0 Å². The van der Waals surface area contributed by atoms with Gasteiger partial charge >= 0.3 is 13.1 Å². The van der Waals surface area contributed by atoms with Crippen molar-refractivity contribution in [2.45, 2.75) is 0 Å². The minimum atomic E-state index is -1.38. The van der Waals surface area contributed by atoms with Gasteiger partial charge < -0.3 is 21.5 Å². The lowest BCUT2D eigenvalue weighted by Crippen LogP contribution is -2.29. The van der Waals surface area contributed by atoms with E-state index in [0.717, 1.165) is 0 Å². The number of pyridine rings is 1. The molecule has 0 radical (unpaired) electrons. The van der Waals surface area contributed by atoms with Crippen LogP contribution in [-0.2, 0) is 0 Å². The van der Waals surface area contributed by atoms with Gasteiger partial charge in [-0.15, -0.1) is 0 Å². The number of carbonyl (C=O) groups is 1. The maximum Gasteiger partial charge on any atom is 0.488 e. The number of urea groups is 1. The molecule has 1 aromatic rings. The van der Waals surface area contributed by atoms with E-state index in [-0.39, 0.29) is 0 Å². The summed E-state index contributed by atoms with van der Waals surface area (Å²) in [5, 5.41) is 17.1. The molecule has 6 nitrogen and oxygen atoms in total. The molecule has 1 aromatic heterocycles. The molecular formula is C6H10BN3O3. The van der Waals surface area contributed by atoms with Gasteiger partial charge in [-0.05, 0) is 17.6 Å².